The van der Waals surface area contributed by atoms with Crippen molar-refractivity contribution in [2.24, 2.45) is 0 Å². The molecule has 0 aromatic carbocycles. The van der Waals surface area contributed by atoms with Crippen LogP contribution < -0.4 is 0 Å². The van der Waals surface area contributed by atoms with Crippen molar-refractivity contribution in [3.05, 3.63) is 12.2 Å². The molecule has 0 spiro atoms. The molecule has 0 radical (unpaired) electrons. The van der Waals surface area contributed by atoms with Crippen LogP contribution in [0, 0.1) is 0 Å². The zero-order chi connectivity index (χ0) is 6.41. The minimum absolute atomic E-state index is 0.0622. The second-order valence-corrected chi connectivity index (χ2v) is 1.74. The van der Waals surface area contributed by atoms with Gasteiger partial charge in [0.2, 0.25) is 0 Å². The zero-order valence-electron chi connectivity index (χ0n) is 5.04. The van der Waals surface area contributed by atoms with Gasteiger partial charge in [-0.25, -0.2) is 0 Å². The fraction of sp³-hybridized carbons (Fsp3) is 0.667. The van der Waals surface area contributed by atoms with Crippen molar-refractivity contribution >= 4 is 0 Å². The lowest BCUT2D eigenvalue weighted by Crippen LogP contribution is -1.95. The van der Waals surface area contributed by atoms with Crippen molar-refractivity contribution < 1.29 is 10.2 Å². The van der Waals surface area contributed by atoms with Crippen LogP contribution in [0.15, 0.2) is 12.2 Å². The Morgan fingerprint density at radius 1 is 1.50 bits per heavy atom. The van der Waals surface area contributed by atoms with Gasteiger partial charge in [-0.2, -0.15) is 0 Å². The summed E-state index contributed by atoms with van der Waals surface area (Å²) < 4.78 is 0. The maximum absolute atomic E-state index is 8.65. The molecule has 0 unspecified atom stereocenters. The molecule has 2 heteroatoms. The molecule has 48 valence electrons. The summed E-state index contributed by atoms with van der Waals surface area (Å²) in [6, 6.07) is 0. The molecule has 2 nitrogen and oxygen atoms in total. The molecule has 0 saturated carbocycles. The van der Waals surface area contributed by atoms with E-state index < -0.39 is 0 Å². The molecule has 2 N–H and O–H groups in total. The highest BCUT2D eigenvalue weighted by Crippen LogP contribution is 1.88. The normalized spacial score (nSPS) is 14.9. The molecule has 8 heavy (non-hydrogen) atoms. The molecular formula is C6H12O2. The highest BCUT2D eigenvalue weighted by atomic mass is 16.3. The monoisotopic (exact) mass is 116 g/mol. The van der Waals surface area contributed by atoms with Gasteiger partial charge < -0.3 is 10.2 Å². The van der Waals surface area contributed by atoms with Crippen LogP contribution in [0.1, 0.15) is 13.3 Å². The smallest absolute Gasteiger partial charge is 0.0612 e. The summed E-state index contributed by atoms with van der Waals surface area (Å²) in [4.78, 5) is 0. The Bertz CT molecular complexity index is 66.9. The van der Waals surface area contributed by atoms with Gasteiger partial charge >= 0.3 is 0 Å². The van der Waals surface area contributed by atoms with Crippen molar-refractivity contribution in [3.63, 3.8) is 0 Å². The van der Waals surface area contributed by atoms with E-state index >= 15 is 0 Å². The first-order valence-corrected chi connectivity index (χ1v) is 2.71. The highest BCUT2D eigenvalue weighted by molar-refractivity contribution is 4.81. The summed E-state index contributed by atoms with van der Waals surface area (Å²) in [5, 5.41) is 16.9. The number of aliphatic hydroxyl groups excluding tert-OH is 2. The van der Waals surface area contributed by atoms with Gasteiger partial charge in [-0.1, -0.05) is 12.2 Å². The van der Waals surface area contributed by atoms with Crippen LogP contribution in [0.2, 0.25) is 0 Å². The van der Waals surface area contributed by atoms with Crippen LogP contribution in [0.25, 0.3) is 0 Å². The van der Waals surface area contributed by atoms with E-state index in [-0.39, 0.29) is 12.7 Å². The minimum Gasteiger partial charge on any atom is -0.393 e. The van der Waals surface area contributed by atoms with Crippen LogP contribution in [0.5, 0.6) is 0 Å². The SMILES string of the molecule is C[C@@H](O)C/C=C/CO. The highest BCUT2D eigenvalue weighted by Gasteiger charge is 1.86. The Kier molecular flexibility index (Phi) is 4.61. The summed E-state index contributed by atoms with van der Waals surface area (Å²) >= 11 is 0. The lowest BCUT2D eigenvalue weighted by Gasteiger charge is -1.94. The molecule has 0 heterocycles. The van der Waals surface area contributed by atoms with Crippen molar-refractivity contribution in [1.82, 2.24) is 0 Å². The molecule has 1 atom stereocenters. The third kappa shape index (κ3) is 5.66. The Balaban J connectivity index is 3.03. The van der Waals surface area contributed by atoms with Crippen molar-refractivity contribution in [1.29, 1.82) is 0 Å². The summed E-state index contributed by atoms with van der Waals surface area (Å²) in [5.74, 6) is 0. The second kappa shape index (κ2) is 4.81. The maximum atomic E-state index is 8.65. The fourth-order valence-corrected chi connectivity index (χ4v) is 0.368. The van der Waals surface area contributed by atoms with E-state index in [4.69, 9.17) is 10.2 Å². The largest absolute Gasteiger partial charge is 0.393 e. The predicted molar refractivity (Wildman–Crippen MR) is 32.5 cm³/mol. The Hall–Kier alpha value is -0.340. The second-order valence-electron chi connectivity index (χ2n) is 1.74. The lowest BCUT2D eigenvalue weighted by atomic mass is 10.3. The van der Waals surface area contributed by atoms with E-state index in [2.05, 4.69) is 0 Å². The van der Waals surface area contributed by atoms with E-state index in [1.807, 2.05) is 0 Å². The van der Waals surface area contributed by atoms with Crippen LogP contribution in [0.3, 0.4) is 0 Å². The first-order chi connectivity index (χ1) is 3.77. The topological polar surface area (TPSA) is 40.5 Å². The third-order valence-corrected chi connectivity index (χ3v) is 0.749. The molecule has 0 fully saturated rings. The fourth-order valence-electron chi connectivity index (χ4n) is 0.368. The summed E-state index contributed by atoms with van der Waals surface area (Å²) in [5.41, 5.74) is 0. The number of hydrogen-bond donors (Lipinski definition) is 2. The Morgan fingerprint density at radius 3 is 2.50 bits per heavy atom. The molecule has 0 aromatic heterocycles. The lowest BCUT2D eigenvalue weighted by molar-refractivity contribution is 0.198. The molecule has 0 aliphatic rings. The van der Waals surface area contributed by atoms with Crippen molar-refractivity contribution in [2.75, 3.05) is 6.61 Å². The quantitative estimate of drug-likeness (QED) is 0.521. The van der Waals surface area contributed by atoms with Crippen LogP contribution in [0.4, 0.5) is 0 Å². The van der Waals surface area contributed by atoms with E-state index in [9.17, 15) is 0 Å². The number of rotatable bonds is 3. The van der Waals surface area contributed by atoms with E-state index in [1.165, 1.54) is 0 Å². The number of hydrogen-bond acceptors (Lipinski definition) is 2. The predicted octanol–water partition coefficient (Wildman–Crippen LogP) is 0.306. The van der Waals surface area contributed by atoms with Gasteiger partial charge in [0.15, 0.2) is 0 Å². The standard InChI is InChI=1S/C6H12O2/c1-6(8)4-2-3-5-7/h2-3,6-8H,4-5H2,1H3/b3-2+/t6-/m1/s1. The summed E-state index contributed by atoms with van der Waals surface area (Å²) in [6.45, 7) is 1.77. The molecule has 0 amide bonds. The van der Waals surface area contributed by atoms with Crippen molar-refractivity contribution in [3.8, 4) is 0 Å². The summed E-state index contributed by atoms with van der Waals surface area (Å²) in [6.07, 6.45) is 3.70. The maximum Gasteiger partial charge on any atom is 0.0612 e. The molecule has 0 rings (SSSR count). The Labute approximate surface area is 49.5 Å². The Morgan fingerprint density at radius 2 is 2.12 bits per heavy atom. The number of aliphatic hydroxyl groups is 2. The first kappa shape index (κ1) is 7.66. The van der Waals surface area contributed by atoms with E-state index in [0.717, 1.165) is 0 Å². The van der Waals surface area contributed by atoms with Gasteiger partial charge in [0.1, 0.15) is 0 Å². The van der Waals surface area contributed by atoms with Gasteiger partial charge in [0, 0.05) is 0 Å². The van der Waals surface area contributed by atoms with Crippen LogP contribution in [-0.4, -0.2) is 22.9 Å². The van der Waals surface area contributed by atoms with Gasteiger partial charge in [-0.15, -0.1) is 0 Å². The van der Waals surface area contributed by atoms with Gasteiger partial charge in [0.25, 0.3) is 0 Å². The molecule has 0 aliphatic heterocycles. The van der Waals surface area contributed by atoms with Gasteiger partial charge in [-0.05, 0) is 13.3 Å². The minimum atomic E-state index is -0.294. The molecule has 0 saturated heterocycles. The van der Waals surface area contributed by atoms with Gasteiger partial charge in [0.05, 0.1) is 12.7 Å². The van der Waals surface area contributed by atoms with Gasteiger partial charge in [-0.3, -0.25) is 0 Å². The average molecular weight is 116 g/mol. The van der Waals surface area contributed by atoms with E-state index in [1.54, 1.807) is 19.1 Å². The average Bonchev–Trinajstić information content (AvgIpc) is 1.66. The zero-order valence-corrected chi connectivity index (χ0v) is 5.04. The third-order valence-electron chi connectivity index (χ3n) is 0.749. The van der Waals surface area contributed by atoms with Crippen LogP contribution >= 0.6 is 0 Å². The molecule has 0 aromatic rings. The summed E-state index contributed by atoms with van der Waals surface area (Å²) in [7, 11) is 0. The molecule has 0 bridgehead atoms. The van der Waals surface area contributed by atoms with Crippen LogP contribution in [-0.2, 0) is 0 Å². The van der Waals surface area contributed by atoms with Crippen molar-refractivity contribution in [2.45, 2.75) is 19.4 Å². The molecule has 0 aliphatic carbocycles. The molecular weight excluding hydrogens is 104 g/mol. The first-order valence-electron chi connectivity index (χ1n) is 2.71. The van der Waals surface area contributed by atoms with E-state index in [0.29, 0.717) is 6.42 Å².